The van der Waals surface area contributed by atoms with E-state index in [1.54, 1.807) is 14.2 Å². The van der Waals surface area contributed by atoms with E-state index in [4.69, 9.17) is 13.7 Å². The van der Waals surface area contributed by atoms with E-state index in [1.165, 1.54) is 12.0 Å². The summed E-state index contributed by atoms with van der Waals surface area (Å²) in [5.74, 6) is 2.25. The molecule has 0 aliphatic heterocycles. The largest absolute Gasteiger partial charge is 0.497 e. The summed E-state index contributed by atoms with van der Waals surface area (Å²) in [5.41, 5.74) is 4.69. The van der Waals surface area contributed by atoms with Crippen LogP contribution in [0.3, 0.4) is 0 Å². The van der Waals surface area contributed by atoms with Crippen LogP contribution < -0.4 is 13.7 Å². The van der Waals surface area contributed by atoms with Gasteiger partial charge in [-0.1, -0.05) is 0 Å². The Labute approximate surface area is 144 Å². The second-order valence-electron chi connectivity index (χ2n) is 5.32. The van der Waals surface area contributed by atoms with Gasteiger partial charge in [0.2, 0.25) is 0 Å². The zero-order valence-corrected chi connectivity index (χ0v) is 14.9. The molecule has 0 unspecified atom stereocenters. The predicted molar refractivity (Wildman–Crippen MR) is 94.8 cm³/mol. The summed E-state index contributed by atoms with van der Waals surface area (Å²) in [6.07, 6.45) is 1.81. The fourth-order valence-electron chi connectivity index (χ4n) is 2.49. The fourth-order valence-corrected chi connectivity index (χ4v) is 3.14. The lowest BCUT2D eigenvalue weighted by Gasteiger charge is -2.11. The summed E-state index contributed by atoms with van der Waals surface area (Å²) in [7, 11) is 3.31. The number of fused-ring (bicyclic) bond motifs is 1. The van der Waals surface area contributed by atoms with Crippen molar-refractivity contribution in [2.24, 2.45) is 0 Å². The van der Waals surface area contributed by atoms with Gasteiger partial charge in [-0.3, -0.25) is 4.98 Å². The Kier molecular flexibility index (Phi) is 4.80. The van der Waals surface area contributed by atoms with E-state index < -0.39 is 0 Å². The number of aromatic nitrogens is 3. The lowest BCUT2D eigenvalue weighted by Crippen LogP contribution is -1.99. The van der Waals surface area contributed by atoms with Crippen molar-refractivity contribution in [3.05, 3.63) is 41.2 Å². The van der Waals surface area contributed by atoms with Crippen LogP contribution in [0.2, 0.25) is 0 Å². The SMILES string of the molecule is COc1ccc2nc(OSCc3ncc(C)c(OC)c3C)[nH]c2c1. The summed E-state index contributed by atoms with van der Waals surface area (Å²) < 4.78 is 16.3. The number of ether oxygens (including phenoxy) is 2. The predicted octanol–water partition coefficient (Wildman–Crippen LogP) is 3.82. The minimum atomic E-state index is 0.458. The third-order valence-electron chi connectivity index (χ3n) is 3.75. The van der Waals surface area contributed by atoms with Gasteiger partial charge < -0.3 is 18.6 Å². The topological polar surface area (TPSA) is 69.3 Å². The molecular weight excluding hydrogens is 326 g/mol. The number of hydrogen-bond acceptors (Lipinski definition) is 6. The van der Waals surface area contributed by atoms with Crippen LogP contribution in [0.1, 0.15) is 16.8 Å². The molecule has 0 radical (unpaired) electrons. The molecule has 7 heteroatoms. The summed E-state index contributed by atoms with van der Waals surface area (Å²) in [5, 5.41) is 0. The molecule has 0 spiro atoms. The van der Waals surface area contributed by atoms with Crippen LogP contribution in [0, 0.1) is 13.8 Å². The molecule has 0 aliphatic carbocycles. The Hall–Kier alpha value is -2.41. The summed E-state index contributed by atoms with van der Waals surface area (Å²) >= 11 is 1.28. The van der Waals surface area contributed by atoms with Gasteiger partial charge in [0.25, 0.3) is 0 Å². The van der Waals surface area contributed by atoms with Crippen LogP contribution in [0.5, 0.6) is 17.5 Å². The number of pyridine rings is 1. The third kappa shape index (κ3) is 3.26. The smallest absolute Gasteiger partial charge is 0.307 e. The van der Waals surface area contributed by atoms with Crippen LogP contribution >= 0.6 is 12.0 Å². The Morgan fingerprint density at radius 2 is 2.00 bits per heavy atom. The zero-order valence-electron chi connectivity index (χ0n) is 14.0. The first-order valence-electron chi connectivity index (χ1n) is 7.44. The van der Waals surface area contributed by atoms with E-state index in [0.29, 0.717) is 11.8 Å². The highest BCUT2D eigenvalue weighted by molar-refractivity contribution is 7.94. The van der Waals surface area contributed by atoms with Crippen molar-refractivity contribution in [2.75, 3.05) is 14.2 Å². The number of imidazole rings is 1. The Morgan fingerprint density at radius 3 is 2.75 bits per heavy atom. The molecule has 126 valence electrons. The molecule has 6 nitrogen and oxygen atoms in total. The molecule has 0 atom stereocenters. The molecule has 0 bridgehead atoms. The third-order valence-corrected chi connectivity index (χ3v) is 4.42. The fraction of sp³-hybridized carbons (Fsp3) is 0.294. The van der Waals surface area contributed by atoms with Gasteiger partial charge in [0.05, 0.1) is 48.7 Å². The molecule has 0 fully saturated rings. The van der Waals surface area contributed by atoms with Gasteiger partial charge in [0, 0.05) is 23.4 Å². The first-order chi connectivity index (χ1) is 11.6. The first kappa shape index (κ1) is 16.4. The monoisotopic (exact) mass is 345 g/mol. The Bertz CT molecular complexity index is 864. The molecule has 0 aliphatic rings. The lowest BCUT2D eigenvalue weighted by atomic mass is 10.1. The highest BCUT2D eigenvalue weighted by atomic mass is 32.2. The van der Waals surface area contributed by atoms with E-state index in [0.717, 1.165) is 39.4 Å². The van der Waals surface area contributed by atoms with Crippen molar-refractivity contribution in [1.82, 2.24) is 15.0 Å². The van der Waals surface area contributed by atoms with Gasteiger partial charge in [-0.25, -0.2) is 0 Å². The maximum Gasteiger partial charge on any atom is 0.307 e. The molecule has 0 amide bonds. The van der Waals surface area contributed by atoms with Crippen molar-refractivity contribution >= 4 is 23.1 Å². The van der Waals surface area contributed by atoms with Crippen molar-refractivity contribution in [3.63, 3.8) is 0 Å². The second kappa shape index (κ2) is 7.00. The van der Waals surface area contributed by atoms with Gasteiger partial charge in [0.1, 0.15) is 11.5 Å². The number of methoxy groups -OCH3 is 2. The normalized spacial score (nSPS) is 10.8. The first-order valence-corrected chi connectivity index (χ1v) is 8.35. The highest BCUT2D eigenvalue weighted by Crippen LogP contribution is 2.28. The molecule has 1 N–H and O–H groups in total. The van der Waals surface area contributed by atoms with Gasteiger partial charge >= 0.3 is 6.01 Å². The van der Waals surface area contributed by atoms with Crippen molar-refractivity contribution in [3.8, 4) is 17.5 Å². The summed E-state index contributed by atoms with van der Waals surface area (Å²) in [4.78, 5) is 12.0. The van der Waals surface area contributed by atoms with Crippen LogP contribution in [0.25, 0.3) is 11.0 Å². The highest BCUT2D eigenvalue weighted by Gasteiger charge is 2.11. The quantitative estimate of drug-likeness (QED) is 0.685. The molecule has 3 rings (SSSR count). The maximum absolute atomic E-state index is 5.66. The lowest BCUT2D eigenvalue weighted by molar-refractivity contribution is 0.407. The maximum atomic E-state index is 5.66. The van der Waals surface area contributed by atoms with E-state index in [9.17, 15) is 0 Å². The minimum absolute atomic E-state index is 0.458. The van der Waals surface area contributed by atoms with Crippen molar-refractivity contribution in [1.29, 1.82) is 0 Å². The van der Waals surface area contributed by atoms with E-state index in [2.05, 4.69) is 15.0 Å². The number of aryl methyl sites for hydroxylation is 1. The Morgan fingerprint density at radius 1 is 1.17 bits per heavy atom. The molecule has 1 aromatic carbocycles. The molecular formula is C17H19N3O3S. The van der Waals surface area contributed by atoms with Gasteiger partial charge in [-0.05, 0) is 26.0 Å². The standard InChI is InChI=1S/C17H19N3O3S/c1-10-8-18-15(11(2)16(10)22-4)9-24-23-17-19-13-6-5-12(21-3)7-14(13)20-17/h5-8H,9H2,1-4H3,(H,19,20). The van der Waals surface area contributed by atoms with Crippen LogP contribution in [0.15, 0.2) is 24.4 Å². The van der Waals surface area contributed by atoms with Gasteiger partial charge in [-0.2, -0.15) is 4.98 Å². The Balaban J connectivity index is 1.68. The summed E-state index contributed by atoms with van der Waals surface area (Å²) in [6.45, 7) is 3.98. The van der Waals surface area contributed by atoms with Crippen LogP contribution in [-0.4, -0.2) is 29.2 Å². The molecule has 0 saturated heterocycles. The van der Waals surface area contributed by atoms with E-state index in [-0.39, 0.29) is 0 Å². The number of hydrogen-bond donors (Lipinski definition) is 1. The minimum Gasteiger partial charge on any atom is -0.497 e. The average molecular weight is 345 g/mol. The molecule has 0 saturated carbocycles. The van der Waals surface area contributed by atoms with Crippen molar-refractivity contribution in [2.45, 2.75) is 19.6 Å². The number of nitrogens with zero attached hydrogens (tertiary/aromatic N) is 2. The number of rotatable bonds is 6. The molecule has 2 aromatic heterocycles. The second-order valence-corrected chi connectivity index (χ2v) is 6.01. The van der Waals surface area contributed by atoms with Gasteiger partial charge in [0.15, 0.2) is 0 Å². The van der Waals surface area contributed by atoms with E-state index in [1.807, 2.05) is 38.2 Å². The zero-order chi connectivity index (χ0) is 17.1. The summed E-state index contributed by atoms with van der Waals surface area (Å²) in [6, 6.07) is 6.10. The number of nitrogens with one attached hydrogen (secondary N) is 1. The van der Waals surface area contributed by atoms with Crippen LogP contribution in [-0.2, 0) is 5.75 Å². The van der Waals surface area contributed by atoms with E-state index >= 15 is 0 Å². The number of benzene rings is 1. The number of H-pyrrole nitrogens is 1. The molecule has 3 aromatic rings. The number of aromatic amines is 1. The van der Waals surface area contributed by atoms with Gasteiger partial charge in [-0.15, -0.1) is 0 Å². The van der Waals surface area contributed by atoms with Crippen molar-refractivity contribution < 1.29 is 13.7 Å². The molecule has 2 heterocycles. The van der Waals surface area contributed by atoms with Crippen LogP contribution in [0.4, 0.5) is 0 Å². The average Bonchev–Trinajstić information content (AvgIpc) is 2.99. The molecule has 24 heavy (non-hydrogen) atoms.